The lowest BCUT2D eigenvalue weighted by molar-refractivity contribution is 0.0518. The van der Waals surface area contributed by atoms with E-state index in [0.29, 0.717) is 16.8 Å². The maximum absolute atomic E-state index is 13.7. The van der Waals surface area contributed by atoms with E-state index >= 15 is 0 Å². The number of benzene rings is 1. The first kappa shape index (κ1) is 17.7. The zero-order valence-corrected chi connectivity index (χ0v) is 14.0. The van der Waals surface area contributed by atoms with Gasteiger partial charge in [0.1, 0.15) is 0 Å². The largest absolute Gasteiger partial charge is 0.461 e. The number of halogens is 3. The molecule has 3 rings (SSSR count). The van der Waals surface area contributed by atoms with Crippen molar-refractivity contribution in [1.29, 1.82) is 0 Å². The molecule has 0 N–H and O–H groups in total. The van der Waals surface area contributed by atoms with E-state index in [1.54, 1.807) is 32.2 Å². The summed E-state index contributed by atoms with van der Waals surface area (Å²) in [5.41, 5.74) is 1.33. The van der Waals surface area contributed by atoms with E-state index in [2.05, 4.69) is 10.1 Å². The number of hydrogen-bond donors (Lipinski definition) is 0. The summed E-state index contributed by atoms with van der Waals surface area (Å²) in [6.45, 7) is 3.43. The molecule has 8 heteroatoms. The van der Waals surface area contributed by atoms with E-state index in [1.165, 1.54) is 10.9 Å². The van der Waals surface area contributed by atoms with Crippen molar-refractivity contribution in [2.24, 2.45) is 0 Å². The Morgan fingerprint density at radius 3 is 2.50 bits per heavy atom. The Bertz CT molecular complexity index is 948. The van der Waals surface area contributed by atoms with Gasteiger partial charge in [0.25, 0.3) is 0 Å². The minimum atomic E-state index is -1.58. The monoisotopic (exact) mass is 361 g/mol. The molecule has 0 aliphatic carbocycles. The van der Waals surface area contributed by atoms with Gasteiger partial charge in [-0.3, -0.25) is 4.98 Å². The summed E-state index contributed by atoms with van der Waals surface area (Å²) in [5, 5.41) is 4.15. The molecule has 0 amide bonds. The van der Waals surface area contributed by atoms with E-state index < -0.39 is 23.4 Å². The molecule has 0 bridgehead atoms. The second-order valence-electron chi connectivity index (χ2n) is 5.42. The third-order valence-electron chi connectivity index (χ3n) is 3.74. The summed E-state index contributed by atoms with van der Waals surface area (Å²) in [4.78, 5) is 16.2. The van der Waals surface area contributed by atoms with Crippen LogP contribution in [0.25, 0.3) is 16.9 Å². The minimum Gasteiger partial charge on any atom is -0.461 e. The highest BCUT2D eigenvalue weighted by atomic mass is 19.2. The van der Waals surface area contributed by atoms with Crippen LogP contribution in [0.5, 0.6) is 0 Å². The molecule has 3 aromatic rings. The topological polar surface area (TPSA) is 57.0 Å². The number of rotatable bonds is 4. The number of pyridine rings is 1. The van der Waals surface area contributed by atoms with Crippen LogP contribution in [-0.4, -0.2) is 27.3 Å². The number of nitrogens with zero attached hydrogens (tertiary/aromatic N) is 3. The number of esters is 1. The van der Waals surface area contributed by atoms with E-state index in [0.717, 1.165) is 12.1 Å². The summed E-state index contributed by atoms with van der Waals surface area (Å²) in [6, 6.07) is 4.99. The van der Waals surface area contributed by atoms with Gasteiger partial charge in [0.15, 0.2) is 23.1 Å². The first-order valence-corrected chi connectivity index (χ1v) is 7.76. The van der Waals surface area contributed by atoms with Crippen LogP contribution in [0, 0.1) is 24.4 Å². The normalized spacial score (nSPS) is 10.8. The fraction of sp³-hybridized carbons (Fsp3) is 0.167. The van der Waals surface area contributed by atoms with Crippen molar-refractivity contribution in [2.45, 2.75) is 13.8 Å². The number of ether oxygens (including phenoxy) is 1. The fourth-order valence-electron chi connectivity index (χ4n) is 2.58. The molecule has 0 spiro atoms. The molecule has 2 heterocycles. The Balaban J connectivity index is 2.27. The van der Waals surface area contributed by atoms with Crippen LogP contribution in [0.4, 0.5) is 13.2 Å². The van der Waals surface area contributed by atoms with Crippen molar-refractivity contribution in [3.63, 3.8) is 0 Å². The Hall–Kier alpha value is -3.16. The second kappa shape index (κ2) is 6.99. The number of aromatic nitrogens is 3. The summed E-state index contributed by atoms with van der Waals surface area (Å²) in [6.07, 6.45) is 3.08. The Morgan fingerprint density at radius 1 is 1.23 bits per heavy atom. The molecule has 0 aliphatic heterocycles. The van der Waals surface area contributed by atoms with Crippen molar-refractivity contribution < 1.29 is 22.7 Å². The van der Waals surface area contributed by atoms with Gasteiger partial charge in [-0.25, -0.2) is 22.6 Å². The molecule has 0 saturated carbocycles. The maximum Gasteiger partial charge on any atom is 0.359 e. The van der Waals surface area contributed by atoms with Crippen molar-refractivity contribution in [1.82, 2.24) is 14.8 Å². The van der Waals surface area contributed by atoms with Gasteiger partial charge in [0, 0.05) is 35.7 Å². The quantitative estimate of drug-likeness (QED) is 0.523. The SMILES string of the molecule is CCOC(=O)c1nn(-c2cc(F)c(F)c(F)c2)c(-c2cccnc2)c1C. The van der Waals surface area contributed by atoms with Gasteiger partial charge < -0.3 is 4.74 Å². The summed E-state index contributed by atoms with van der Waals surface area (Å²) in [5.74, 6) is -4.96. The van der Waals surface area contributed by atoms with Crippen LogP contribution >= 0.6 is 0 Å². The second-order valence-corrected chi connectivity index (χ2v) is 5.42. The first-order chi connectivity index (χ1) is 12.4. The first-order valence-electron chi connectivity index (χ1n) is 7.76. The standard InChI is InChI=1S/C18H14F3N3O2/c1-3-26-18(25)16-10(2)17(11-5-4-6-22-9-11)24(23-16)12-7-13(19)15(21)14(20)8-12/h4-9H,3H2,1-2H3. The molecule has 2 aromatic heterocycles. The van der Waals surface area contributed by atoms with Crippen LogP contribution in [0.15, 0.2) is 36.7 Å². The summed E-state index contributed by atoms with van der Waals surface area (Å²) in [7, 11) is 0. The highest BCUT2D eigenvalue weighted by Gasteiger charge is 2.24. The zero-order chi connectivity index (χ0) is 18.8. The molecule has 0 saturated heterocycles. The molecular formula is C18H14F3N3O2. The van der Waals surface area contributed by atoms with Crippen molar-refractivity contribution in [3.05, 3.63) is 65.4 Å². The highest BCUT2D eigenvalue weighted by Crippen LogP contribution is 2.29. The molecule has 1 aromatic carbocycles. The van der Waals surface area contributed by atoms with Gasteiger partial charge in [0.2, 0.25) is 0 Å². The molecule has 0 atom stereocenters. The Kier molecular flexibility index (Phi) is 4.75. The van der Waals surface area contributed by atoms with Gasteiger partial charge in [-0.05, 0) is 26.0 Å². The van der Waals surface area contributed by atoms with E-state index in [-0.39, 0.29) is 18.0 Å². The molecule has 0 radical (unpaired) electrons. The van der Waals surface area contributed by atoms with Crippen molar-refractivity contribution >= 4 is 5.97 Å². The number of carbonyl (C=O) groups excluding carboxylic acids is 1. The smallest absolute Gasteiger partial charge is 0.359 e. The summed E-state index contributed by atoms with van der Waals surface area (Å²) >= 11 is 0. The lowest BCUT2D eigenvalue weighted by Gasteiger charge is -2.09. The summed E-state index contributed by atoms with van der Waals surface area (Å²) < 4.78 is 46.8. The molecule has 26 heavy (non-hydrogen) atoms. The Morgan fingerprint density at radius 2 is 1.92 bits per heavy atom. The van der Waals surface area contributed by atoms with Crippen LogP contribution in [0.2, 0.25) is 0 Å². The van der Waals surface area contributed by atoms with Crippen molar-refractivity contribution in [2.75, 3.05) is 6.61 Å². The van der Waals surface area contributed by atoms with E-state index in [4.69, 9.17) is 4.74 Å². The van der Waals surface area contributed by atoms with Crippen LogP contribution in [0.3, 0.4) is 0 Å². The van der Waals surface area contributed by atoms with Crippen LogP contribution < -0.4 is 0 Å². The average Bonchev–Trinajstić information content (AvgIpc) is 2.97. The molecular weight excluding hydrogens is 347 g/mol. The number of carbonyl (C=O) groups is 1. The molecule has 134 valence electrons. The Labute approximate surface area is 147 Å². The van der Waals surface area contributed by atoms with E-state index in [1.807, 2.05) is 0 Å². The van der Waals surface area contributed by atoms with Gasteiger partial charge >= 0.3 is 5.97 Å². The maximum atomic E-state index is 13.7. The minimum absolute atomic E-state index is 0.00385. The average molecular weight is 361 g/mol. The fourth-order valence-corrected chi connectivity index (χ4v) is 2.58. The molecule has 5 nitrogen and oxygen atoms in total. The van der Waals surface area contributed by atoms with Crippen molar-refractivity contribution in [3.8, 4) is 16.9 Å². The van der Waals surface area contributed by atoms with Gasteiger partial charge in [-0.15, -0.1) is 0 Å². The third-order valence-corrected chi connectivity index (χ3v) is 3.74. The van der Waals surface area contributed by atoms with Gasteiger partial charge in [-0.2, -0.15) is 5.10 Å². The molecule has 0 fully saturated rings. The predicted molar refractivity (Wildman–Crippen MR) is 87.4 cm³/mol. The van der Waals surface area contributed by atoms with Gasteiger partial charge in [-0.1, -0.05) is 0 Å². The van der Waals surface area contributed by atoms with Gasteiger partial charge in [0.05, 0.1) is 18.0 Å². The lowest BCUT2D eigenvalue weighted by Crippen LogP contribution is -2.08. The number of hydrogen-bond acceptors (Lipinski definition) is 4. The predicted octanol–water partition coefficient (Wildman–Crippen LogP) is 3.84. The third kappa shape index (κ3) is 3.05. The highest BCUT2D eigenvalue weighted by molar-refractivity contribution is 5.91. The van der Waals surface area contributed by atoms with Crippen LogP contribution in [0.1, 0.15) is 23.0 Å². The molecule has 0 unspecified atom stereocenters. The zero-order valence-electron chi connectivity index (χ0n) is 14.0. The lowest BCUT2D eigenvalue weighted by atomic mass is 10.1. The molecule has 0 aliphatic rings. The van der Waals surface area contributed by atoms with E-state index in [9.17, 15) is 18.0 Å². The van der Waals surface area contributed by atoms with Crippen LogP contribution in [-0.2, 0) is 4.74 Å².